The van der Waals surface area contributed by atoms with Crippen molar-refractivity contribution in [1.82, 2.24) is 0 Å². The molecule has 0 aromatic heterocycles. The van der Waals surface area contributed by atoms with Crippen LogP contribution in [0.25, 0.3) is 0 Å². The van der Waals surface area contributed by atoms with Crippen LogP contribution in [0.5, 0.6) is 0 Å². The highest BCUT2D eigenvalue weighted by atomic mass is 16.6. The predicted octanol–water partition coefficient (Wildman–Crippen LogP) is 3.91. The Bertz CT molecular complexity index is 805. The highest BCUT2D eigenvalue weighted by Crippen LogP contribution is 2.45. The molecule has 2 aliphatic carbocycles. The summed E-state index contributed by atoms with van der Waals surface area (Å²) in [6.07, 6.45) is 8.80. The molecule has 2 saturated carbocycles. The Labute approximate surface area is 237 Å². The number of fused-ring (bicyclic) bond motifs is 2. The van der Waals surface area contributed by atoms with Gasteiger partial charge in [0.05, 0.1) is 74.5 Å². The lowest BCUT2D eigenvalue weighted by Gasteiger charge is -2.26. The van der Waals surface area contributed by atoms with E-state index in [1.807, 2.05) is 0 Å². The van der Waals surface area contributed by atoms with Crippen LogP contribution >= 0.6 is 0 Å². The van der Waals surface area contributed by atoms with E-state index < -0.39 is 35.6 Å². The van der Waals surface area contributed by atoms with Crippen LogP contribution in [-0.2, 0) is 47.6 Å². The van der Waals surface area contributed by atoms with Crippen LogP contribution in [-0.4, -0.2) is 74.7 Å². The van der Waals surface area contributed by atoms with Gasteiger partial charge in [-0.3, -0.25) is 19.2 Å². The van der Waals surface area contributed by atoms with Crippen LogP contribution in [0.15, 0.2) is 0 Å². The molecular weight excluding hydrogens is 520 g/mol. The number of esters is 4. The molecule has 4 aliphatic rings. The van der Waals surface area contributed by atoms with E-state index in [0.29, 0.717) is 51.7 Å². The number of carbonyl (C=O) groups excluding carboxylic acids is 4. The largest absolute Gasteiger partial charge is 0.465 e. The summed E-state index contributed by atoms with van der Waals surface area (Å²) in [7, 11) is 0. The van der Waals surface area contributed by atoms with Crippen LogP contribution in [0, 0.1) is 23.7 Å². The minimum Gasteiger partial charge on any atom is -0.465 e. The molecule has 40 heavy (non-hydrogen) atoms. The van der Waals surface area contributed by atoms with Crippen molar-refractivity contribution >= 4 is 23.9 Å². The molecule has 2 heterocycles. The molecule has 0 spiro atoms. The lowest BCUT2D eigenvalue weighted by Crippen LogP contribution is -2.38. The monoisotopic (exact) mass is 566 g/mol. The maximum atomic E-state index is 12.8. The zero-order valence-corrected chi connectivity index (χ0v) is 24.0. The second-order valence-electron chi connectivity index (χ2n) is 11.6. The van der Waals surface area contributed by atoms with E-state index in [-0.39, 0.29) is 49.6 Å². The van der Waals surface area contributed by atoms with E-state index in [9.17, 15) is 19.2 Å². The highest BCUT2D eigenvalue weighted by molar-refractivity contribution is 5.83. The van der Waals surface area contributed by atoms with Crippen molar-refractivity contribution in [1.29, 1.82) is 0 Å². The molecule has 0 aromatic rings. The number of carbonyl (C=O) groups is 4. The van der Waals surface area contributed by atoms with Gasteiger partial charge in [0.1, 0.15) is 0 Å². The number of ether oxygens (including phenoxy) is 6. The topological polar surface area (TPSA) is 130 Å². The maximum Gasteiger partial charge on any atom is 0.309 e. The average molecular weight is 567 g/mol. The number of epoxide rings is 2. The number of unbranched alkanes of at least 4 members (excludes halogenated alkanes) is 5. The first-order valence-electron chi connectivity index (χ1n) is 15.4. The van der Waals surface area contributed by atoms with Crippen LogP contribution in [0.2, 0.25) is 0 Å². The van der Waals surface area contributed by atoms with E-state index in [4.69, 9.17) is 28.4 Å². The van der Waals surface area contributed by atoms with Gasteiger partial charge in [-0.1, -0.05) is 39.5 Å². The van der Waals surface area contributed by atoms with Crippen molar-refractivity contribution in [3.8, 4) is 0 Å². The lowest BCUT2D eigenvalue weighted by atomic mass is 9.79. The van der Waals surface area contributed by atoms with Crippen LogP contribution in [0.4, 0.5) is 0 Å². The summed E-state index contributed by atoms with van der Waals surface area (Å²) in [6, 6.07) is 0. The summed E-state index contributed by atoms with van der Waals surface area (Å²) < 4.78 is 33.0. The van der Waals surface area contributed by atoms with Crippen molar-refractivity contribution in [2.75, 3.05) is 26.4 Å². The standard InChI is InChI=1S/C30H46O10/c1-3-5-7-11-35-27(31)19-15-23-25(39-23)17-21(19)29(33)37-13-9-10-14-38-30(34)22-18-26-24(40-26)16-20(22)28(32)36-12-8-6-4-2/h19-26H,3-18H2,1-2H3. The Morgan fingerprint density at radius 2 is 0.725 bits per heavy atom. The van der Waals surface area contributed by atoms with Gasteiger partial charge in [0, 0.05) is 0 Å². The van der Waals surface area contributed by atoms with Crippen molar-refractivity contribution in [2.45, 2.75) is 115 Å². The van der Waals surface area contributed by atoms with Gasteiger partial charge in [-0.2, -0.15) is 0 Å². The summed E-state index contributed by atoms with van der Waals surface area (Å²) in [5.74, 6) is -3.66. The maximum absolute atomic E-state index is 12.8. The minimum atomic E-state index is -0.557. The molecule has 4 rings (SSSR count). The summed E-state index contributed by atoms with van der Waals surface area (Å²) >= 11 is 0. The normalized spacial score (nSPS) is 31.8. The van der Waals surface area contributed by atoms with E-state index in [0.717, 1.165) is 38.5 Å². The first-order chi connectivity index (χ1) is 19.4. The number of hydrogen-bond donors (Lipinski definition) is 0. The molecule has 2 saturated heterocycles. The summed E-state index contributed by atoms with van der Waals surface area (Å²) in [4.78, 5) is 50.9. The SMILES string of the molecule is CCCCCOC(=O)C1CC2OC2CC1C(=O)OCCCCOC(=O)C1CC2OC2CC1C(=O)OCCCCC. The fraction of sp³-hybridized carbons (Fsp3) is 0.867. The van der Waals surface area contributed by atoms with Crippen molar-refractivity contribution in [3.05, 3.63) is 0 Å². The Morgan fingerprint density at radius 3 is 0.975 bits per heavy atom. The van der Waals surface area contributed by atoms with Gasteiger partial charge in [0.25, 0.3) is 0 Å². The third kappa shape index (κ3) is 8.65. The Hall–Kier alpha value is -2.20. The molecule has 10 heteroatoms. The zero-order chi connectivity index (χ0) is 28.5. The molecular formula is C30H46O10. The summed E-state index contributed by atoms with van der Waals surface area (Å²) in [5, 5.41) is 0. The smallest absolute Gasteiger partial charge is 0.309 e. The Balaban J connectivity index is 1.14. The van der Waals surface area contributed by atoms with Gasteiger partial charge in [0.2, 0.25) is 0 Å². The molecule has 0 radical (unpaired) electrons. The van der Waals surface area contributed by atoms with E-state index in [1.54, 1.807) is 0 Å². The molecule has 8 atom stereocenters. The summed E-state index contributed by atoms with van der Waals surface area (Å²) in [5.41, 5.74) is 0. The van der Waals surface area contributed by atoms with Crippen molar-refractivity contribution < 1.29 is 47.6 Å². The first kappa shape index (κ1) is 30.8. The molecule has 226 valence electrons. The molecule has 0 bridgehead atoms. The van der Waals surface area contributed by atoms with Crippen LogP contribution < -0.4 is 0 Å². The fourth-order valence-electron chi connectivity index (χ4n) is 5.92. The van der Waals surface area contributed by atoms with E-state index >= 15 is 0 Å². The molecule has 4 fully saturated rings. The third-order valence-corrected chi connectivity index (χ3v) is 8.51. The van der Waals surface area contributed by atoms with Crippen LogP contribution in [0.1, 0.15) is 90.9 Å². The minimum absolute atomic E-state index is 0.0228. The highest BCUT2D eigenvalue weighted by Gasteiger charge is 2.54. The van der Waals surface area contributed by atoms with Crippen LogP contribution in [0.3, 0.4) is 0 Å². The quantitative estimate of drug-likeness (QED) is 0.111. The summed E-state index contributed by atoms with van der Waals surface area (Å²) in [6.45, 7) is 5.26. The number of rotatable bonds is 17. The first-order valence-corrected chi connectivity index (χ1v) is 15.4. The van der Waals surface area contributed by atoms with Crippen molar-refractivity contribution in [2.24, 2.45) is 23.7 Å². The molecule has 8 unspecified atom stereocenters. The van der Waals surface area contributed by atoms with E-state index in [1.165, 1.54) is 0 Å². The van der Waals surface area contributed by atoms with E-state index in [2.05, 4.69) is 13.8 Å². The van der Waals surface area contributed by atoms with Gasteiger partial charge >= 0.3 is 23.9 Å². The molecule has 10 nitrogen and oxygen atoms in total. The second-order valence-corrected chi connectivity index (χ2v) is 11.6. The fourth-order valence-corrected chi connectivity index (χ4v) is 5.92. The van der Waals surface area contributed by atoms with Gasteiger partial charge in [-0.25, -0.2) is 0 Å². The van der Waals surface area contributed by atoms with Gasteiger partial charge in [0.15, 0.2) is 0 Å². The second kappa shape index (κ2) is 15.1. The molecule has 0 N–H and O–H groups in total. The van der Waals surface area contributed by atoms with Gasteiger partial charge < -0.3 is 28.4 Å². The van der Waals surface area contributed by atoms with Crippen molar-refractivity contribution in [3.63, 3.8) is 0 Å². The molecule has 2 aliphatic heterocycles. The average Bonchev–Trinajstić information content (AvgIpc) is 3.88. The third-order valence-electron chi connectivity index (χ3n) is 8.51. The number of hydrogen-bond acceptors (Lipinski definition) is 10. The molecule has 0 amide bonds. The Kier molecular flexibility index (Phi) is 11.6. The molecule has 0 aromatic carbocycles. The lowest BCUT2D eigenvalue weighted by molar-refractivity contribution is -0.163. The van der Waals surface area contributed by atoms with Gasteiger partial charge in [-0.05, 0) is 51.4 Å². The predicted molar refractivity (Wildman–Crippen MR) is 142 cm³/mol. The van der Waals surface area contributed by atoms with Gasteiger partial charge in [-0.15, -0.1) is 0 Å². The Morgan fingerprint density at radius 1 is 0.475 bits per heavy atom. The zero-order valence-electron chi connectivity index (χ0n) is 24.0.